The van der Waals surface area contributed by atoms with Crippen LogP contribution in [0.2, 0.25) is 0 Å². The highest BCUT2D eigenvalue weighted by molar-refractivity contribution is 5.82. The summed E-state index contributed by atoms with van der Waals surface area (Å²) in [5.74, 6) is 0. The van der Waals surface area contributed by atoms with Gasteiger partial charge in [0.25, 0.3) is 0 Å². The molecule has 0 unspecified atom stereocenters. The lowest BCUT2D eigenvalue weighted by atomic mass is 10.0. The average molecular weight is 200 g/mol. The van der Waals surface area contributed by atoms with Crippen molar-refractivity contribution in [3.63, 3.8) is 0 Å². The first kappa shape index (κ1) is 10.1. The number of hydrogen-bond donors (Lipinski definition) is 1. The summed E-state index contributed by atoms with van der Waals surface area (Å²) in [5.41, 5.74) is 9.22. The molecule has 2 rings (SSSR count). The summed E-state index contributed by atoms with van der Waals surface area (Å²) in [6, 6.07) is 8.51. The molecule has 0 bridgehead atoms. The van der Waals surface area contributed by atoms with Gasteiger partial charge in [-0.05, 0) is 55.6 Å². The van der Waals surface area contributed by atoms with E-state index in [-0.39, 0.29) is 0 Å². The molecule has 0 aliphatic heterocycles. The Labute approximate surface area is 90.1 Å². The molecule has 78 valence electrons. The molecule has 1 aromatic carbocycles. The van der Waals surface area contributed by atoms with E-state index in [1.807, 2.05) is 6.20 Å². The number of nitrogens with zero attached hydrogens (tertiary/aromatic N) is 1. The van der Waals surface area contributed by atoms with Crippen LogP contribution < -0.4 is 5.73 Å². The van der Waals surface area contributed by atoms with Crippen LogP contribution >= 0.6 is 0 Å². The SMILES string of the molecule is Cc1ccnc2ccc(CCCN)cc12. The van der Waals surface area contributed by atoms with Crippen molar-refractivity contribution < 1.29 is 0 Å². The maximum atomic E-state index is 5.51. The molecule has 1 heterocycles. The minimum Gasteiger partial charge on any atom is -0.330 e. The molecule has 0 saturated heterocycles. The van der Waals surface area contributed by atoms with E-state index < -0.39 is 0 Å². The lowest BCUT2D eigenvalue weighted by Crippen LogP contribution is -2.00. The van der Waals surface area contributed by atoms with Gasteiger partial charge in [-0.15, -0.1) is 0 Å². The number of nitrogens with two attached hydrogens (primary N) is 1. The Hall–Kier alpha value is -1.41. The van der Waals surface area contributed by atoms with E-state index in [4.69, 9.17) is 5.73 Å². The van der Waals surface area contributed by atoms with Gasteiger partial charge in [-0.2, -0.15) is 0 Å². The number of hydrogen-bond acceptors (Lipinski definition) is 2. The first-order chi connectivity index (χ1) is 7.31. The zero-order valence-electron chi connectivity index (χ0n) is 9.03. The number of pyridine rings is 1. The average Bonchev–Trinajstić information content (AvgIpc) is 2.27. The normalized spacial score (nSPS) is 10.8. The van der Waals surface area contributed by atoms with Crippen molar-refractivity contribution in [3.8, 4) is 0 Å². The fraction of sp³-hybridized carbons (Fsp3) is 0.308. The highest BCUT2D eigenvalue weighted by atomic mass is 14.6. The molecule has 2 heteroatoms. The first-order valence-electron chi connectivity index (χ1n) is 5.35. The van der Waals surface area contributed by atoms with Crippen molar-refractivity contribution in [2.75, 3.05) is 6.54 Å². The summed E-state index contributed by atoms with van der Waals surface area (Å²) in [6.07, 6.45) is 3.96. The third kappa shape index (κ3) is 2.16. The quantitative estimate of drug-likeness (QED) is 0.826. The zero-order valence-corrected chi connectivity index (χ0v) is 9.03. The van der Waals surface area contributed by atoms with Crippen LogP contribution in [0, 0.1) is 6.92 Å². The van der Waals surface area contributed by atoms with E-state index in [0.29, 0.717) is 0 Å². The van der Waals surface area contributed by atoms with E-state index >= 15 is 0 Å². The van der Waals surface area contributed by atoms with Crippen molar-refractivity contribution in [3.05, 3.63) is 41.6 Å². The number of aryl methyl sites for hydroxylation is 2. The molecule has 0 fully saturated rings. The Balaban J connectivity index is 2.41. The van der Waals surface area contributed by atoms with Crippen molar-refractivity contribution in [1.29, 1.82) is 0 Å². The molecule has 0 atom stereocenters. The van der Waals surface area contributed by atoms with Gasteiger partial charge < -0.3 is 5.73 Å². The molecule has 0 amide bonds. The lowest BCUT2D eigenvalue weighted by molar-refractivity contribution is 0.833. The minimum atomic E-state index is 0.754. The lowest BCUT2D eigenvalue weighted by Gasteiger charge is -2.04. The highest BCUT2D eigenvalue weighted by Gasteiger charge is 1.99. The Morgan fingerprint density at radius 2 is 2.13 bits per heavy atom. The van der Waals surface area contributed by atoms with Gasteiger partial charge in [0.15, 0.2) is 0 Å². The molecular weight excluding hydrogens is 184 g/mol. The molecule has 2 aromatic rings. The van der Waals surface area contributed by atoms with E-state index in [9.17, 15) is 0 Å². The Kier molecular flexibility index (Phi) is 2.97. The van der Waals surface area contributed by atoms with Crippen molar-refractivity contribution >= 4 is 10.9 Å². The van der Waals surface area contributed by atoms with Gasteiger partial charge in [0.2, 0.25) is 0 Å². The fourth-order valence-corrected chi connectivity index (χ4v) is 1.79. The molecular formula is C13H16N2. The van der Waals surface area contributed by atoms with Gasteiger partial charge >= 0.3 is 0 Å². The maximum Gasteiger partial charge on any atom is 0.0704 e. The molecule has 0 aliphatic carbocycles. The number of fused-ring (bicyclic) bond motifs is 1. The summed E-state index contributed by atoms with van der Waals surface area (Å²) in [5, 5.41) is 1.26. The van der Waals surface area contributed by atoms with E-state index in [1.165, 1.54) is 16.5 Å². The predicted octanol–water partition coefficient (Wildman–Crippen LogP) is 2.43. The van der Waals surface area contributed by atoms with Crippen LogP contribution in [0.25, 0.3) is 10.9 Å². The summed E-state index contributed by atoms with van der Waals surface area (Å²) < 4.78 is 0. The van der Waals surface area contributed by atoms with Crippen molar-refractivity contribution in [2.24, 2.45) is 5.73 Å². The third-order valence-corrected chi connectivity index (χ3v) is 2.69. The molecule has 15 heavy (non-hydrogen) atoms. The van der Waals surface area contributed by atoms with Gasteiger partial charge in [-0.25, -0.2) is 0 Å². The molecule has 0 radical (unpaired) electrons. The summed E-state index contributed by atoms with van der Waals surface area (Å²) in [7, 11) is 0. The summed E-state index contributed by atoms with van der Waals surface area (Å²) in [6.45, 7) is 2.88. The second-order valence-electron chi connectivity index (χ2n) is 3.87. The van der Waals surface area contributed by atoms with Crippen LogP contribution in [0.3, 0.4) is 0 Å². The van der Waals surface area contributed by atoms with Crippen molar-refractivity contribution in [1.82, 2.24) is 4.98 Å². The van der Waals surface area contributed by atoms with E-state index in [0.717, 1.165) is 24.9 Å². The molecule has 2 N–H and O–H groups in total. The van der Waals surface area contributed by atoms with Gasteiger partial charge in [-0.1, -0.05) is 6.07 Å². The Morgan fingerprint density at radius 3 is 2.93 bits per heavy atom. The fourth-order valence-electron chi connectivity index (χ4n) is 1.79. The topological polar surface area (TPSA) is 38.9 Å². The van der Waals surface area contributed by atoms with E-state index in [2.05, 4.69) is 36.2 Å². The maximum absolute atomic E-state index is 5.51. The second-order valence-corrected chi connectivity index (χ2v) is 3.87. The van der Waals surface area contributed by atoms with Crippen LogP contribution in [0.1, 0.15) is 17.5 Å². The van der Waals surface area contributed by atoms with Crippen LogP contribution in [0.5, 0.6) is 0 Å². The monoisotopic (exact) mass is 200 g/mol. The largest absolute Gasteiger partial charge is 0.330 e. The summed E-state index contributed by atoms with van der Waals surface area (Å²) in [4.78, 5) is 4.34. The van der Waals surface area contributed by atoms with Crippen LogP contribution in [0.4, 0.5) is 0 Å². The molecule has 1 aromatic heterocycles. The third-order valence-electron chi connectivity index (χ3n) is 2.69. The standard InChI is InChI=1S/C13H16N2/c1-10-6-8-15-13-5-4-11(3-2-7-14)9-12(10)13/h4-6,8-9H,2-3,7,14H2,1H3. The Bertz CT molecular complexity index is 463. The number of rotatable bonds is 3. The van der Waals surface area contributed by atoms with Crippen LogP contribution in [0.15, 0.2) is 30.5 Å². The van der Waals surface area contributed by atoms with Gasteiger partial charge in [-0.3, -0.25) is 4.98 Å². The molecule has 0 saturated carbocycles. The van der Waals surface area contributed by atoms with Crippen LogP contribution in [-0.2, 0) is 6.42 Å². The Morgan fingerprint density at radius 1 is 1.27 bits per heavy atom. The smallest absolute Gasteiger partial charge is 0.0704 e. The number of benzene rings is 1. The molecule has 0 aliphatic rings. The van der Waals surface area contributed by atoms with E-state index in [1.54, 1.807) is 0 Å². The first-order valence-corrected chi connectivity index (χ1v) is 5.35. The summed E-state index contributed by atoms with van der Waals surface area (Å²) >= 11 is 0. The second kappa shape index (κ2) is 4.41. The number of aromatic nitrogens is 1. The van der Waals surface area contributed by atoms with Gasteiger partial charge in [0.05, 0.1) is 5.52 Å². The van der Waals surface area contributed by atoms with Gasteiger partial charge in [0.1, 0.15) is 0 Å². The minimum absolute atomic E-state index is 0.754. The van der Waals surface area contributed by atoms with Crippen molar-refractivity contribution in [2.45, 2.75) is 19.8 Å². The predicted molar refractivity (Wildman–Crippen MR) is 63.9 cm³/mol. The highest BCUT2D eigenvalue weighted by Crippen LogP contribution is 2.18. The molecule has 0 spiro atoms. The van der Waals surface area contributed by atoms with Gasteiger partial charge in [0, 0.05) is 11.6 Å². The molecule has 2 nitrogen and oxygen atoms in total. The van der Waals surface area contributed by atoms with Crippen LogP contribution in [-0.4, -0.2) is 11.5 Å². The zero-order chi connectivity index (χ0) is 10.7.